The number of rotatable bonds is 6. The number of amides is 2. The summed E-state index contributed by atoms with van der Waals surface area (Å²) in [6.07, 6.45) is 1.40. The lowest BCUT2D eigenvalue weighted by Gasteiger charge is -2.26. The van der Waals surface area contributed by atoms with Crippen molar-refractivity contribution >= 4 is 29.1 Å². The molecule has 3 aromatic rings. The molecular formula is C23H22ClN3O3. The zero-order valence-electron chi connectivity index (χ0n) is 16.6. The third kappa shape index (κ3) is 5.36. The van der Waals surface area contributed by atoms with E-state index in [2.05, 4.69) is 15.6 Å². The predicted octanol–water partition coefficient (Wildman–Crippen LogP) is 4.29. The molecule has 3 N–H and O–H groups in total. The van der Waals surface area contributed by atoms with Crippen LogP contribution in [-0.4, -0.2) is 21.9 Å². The van der Waals surface area contributed by atoms with Crippen LogP contribution in [-0.2, 0) is 16.8 Å². The van der Waals surface area contributed by atoms with Crippen molar-refractivity contribution in [3.63, 3.8) is 0 Å². The second-order valence-electron chi connectivity index (χ2n) is 7.37. The standard InChI is InChI=1S/C23H22ClN3O3/c1-23(2,16-6-4-3-5-7-16)27-22(30)19-14-18(10-11-25-19)26-21(29)13-15-12-17(24)8-9-20(15)28/h3-12,14,28H,13H2,1-2H3,(H,27,30)(H,25,26,29). The third-order valence-corrected chi connectivity index (χ3v) is 4.83. The quantitative estimate of drug-likeness (QED) is 0.551. The van der Waals surface area contributed by atoms with E-state index < -0.39 is 5.54 Å². The molecule has 2 amide bonds. The zero-order valence-corrected chi connectivity index (χ0v) is 17.4. The monoisotopic (exact) mass is 423 g/mol. The summed E-state index contributed by atoms with van der Waals surface area (Å²) in [6, 6.07) is 17.2. The number of benzene rings is 2. The van der Waals surface area contributed by atoms with Gasteiger partial charge in [0.1, 0.15) is 11.4 Å². The van der Waals surface area contributed by atoms with Gasteiger partial charge >= 0.3 is 0 Å². The van der Waals surface area contributed by atoms with Gasteiger partial charge in [0.2, 0.25) is 5.91 Å². The summed E-state index contributed by atoms with van der Waals surface area (Å²) in [5, 5.41) is 16.0. The van der Waals surface area contributed by atoms with Crippen LogP contribution in [0.25, 0.3) is 0 Å². The first kappa shape index (κ1) is 21.3. The van der Waals surface area contributed by atoms with Gasteiger partial charge in [-0.1, -0.05) is 41.9 Å². The number of nitrogens with zero attached hydrogens (tertiary/aromatic N) is 1. The number of nitrogens with one attached hydrogen (secondary N) is 2. The summed E-state index contributed by atoms with van der Waals surface area (Å²) in [7, 11) is 0. The van der Waals surface area contributed by atoms with Crippen molar-refractivity contribution in [2.45, 2.75) is 25.8 Å². The molecule has 0 aliphatic rings. The van der Waals surface area contributed by atoms with E-state index in [0.29, 0.717) is 16.3 Å². The summed E-state index contributed by atoms with van der Waals surface area (Å²) in [5.41, 5.74) is 1.39. The Morgan fingerprint density at radius 2 is 1.80 bits per heavy atom. The molecule has 1 heterocycles. The van der Waals surface area contributed by atoms with Gasteiger partial charge in [-0.3, -0.25) is 14.6 Å². The molecule has 0 aliphatic heterocycles. The van der Waals surface area contributed by atoms with Crippen LogP contribution in [0.5, 0.6) is 5.75 Å². The fraction of sp³-hybridized carbons (Fsp3) is 0.174. The number of phenols is 1. The van der Waals surface area contributed by atoms with E-state index in [9.17, 15) is 14.7 Å². The Balaban J connectivity index is 1.69. The largest absolute Gasteiger partial charge is 0.508 e. The summed E-state index contributed by atoms with van der Waals surface area (Å²) >= 11 is 5.92. The Labute approximate surface area is 179 Å². The number of anilines is 1. The highest BCUT2D eigenvalue weighted by atomic mass is 35.5. The number of halogens is 1. The maximum absolute atomic E-state index is 12.7. The van der Waals surface area contributed by atoms with Gasteiger partial charge in [0.15, 0.2) is 0 Å². The smallest absolute Gasteiger partial charge is 0.270 e. The molecule has 0 saturated heterocycles. The van der Waals surface area contributed by atoms with Crippen LogP contribution >= 0.6 is 11.6 Å². The molecule has 6 nitrogen and oxygen atoms in total. The van der Waals surface area contributed by atoms with Crippen LogP contribution < -0.4 is 10.6 Å². The van der Waals surface area contributed by atoms with Crippen molar-refractivity contribution in [2.24, 2.45) is 0 Å². The minimum Gasteiger partial charge on any atom is -0.508 e. The van der Waals surface area contributed by atoms with Gasteiger partial charge in [-0.15, -0.1) is 0 Å². The van der Waals surface area contributed by atoms with Crippen molar-refractivity contribution in [3.05, 3.63) is 88.7 Å². The molecule has 0 bridgehead atoms. The average molecular weight is 424 g/mol. The summed E-state index contributed by atoms with van der Waals surface area (Å²) in [4.78, 5) is 29.2. The topological polar surface area (TPSA) is 91.3 Å². The van der Waals surface area contributed by atoms with Gasteiger partial charge in [-0.05, 0) is 49.7 Å². The van der Waals surface area contributed by atoms with Crippen molar-refractivity contribution in [2.75, 3.05) is 5.32 Å². The van der Waals surface area contributed by atoms with Crippen molar-refractivity contribution in [1.29, 1.82) is 0 Å². The Bertz CT molecular complexity index is 1070. The molecule has 0 fully saturated rings. The highest BCUT2D eigenvalue weighted by Crippen LogP contribution is 2.23. The van der Waals surface area contributed by atoms with Gasteiger partial charge < -0.3 is 15.7 Å². The number of hydrogen-bond donors (Lipinski definition) is 3. The lowest BCUT2D eigenvalue weighted by molar-refractivity contribution is -0.115. The fourth-order valence-corrected chi connectivity index (χ4v) is 3.18. The first-order valence-electron chi connectivity index (χ1n) is 9.36. The highest BCUT2D eigenvalue weighted by Gasteiger charge is 2.24. The normalized spacial score (nSPS) is 11.0. The maximum Gasteiger partial charge on any atom is 0.270 e. The Morgan fingerprint density at radius 1 is 1.07 bits per heavy atom. The zero-order chi connectivity index (χ0) is 21.7. The van der Waals surface area contributed by atoms with Gasteiger partial charge in [-0.25, -0.2) is 0 Å². The number of phenolic OH excluding ortho intramolecular Hbond substituents is 1. The van der Waals surface area contributed by atoms with Gasteiger partial charge in [-0.2, -0.15) is 0 Å². The van der Waals surface area contributed by atoms with Gasteiger partial charge in [0, 0.05) is 22.5 Å². The SMILES string of the molecule is CC(C)(NC(=O)c1cc(NC(=O)Cc2cc(Cl)ccc2O)ccn1)c1ccccc1. The van der Waals surface area contributed by atoms with E-state index in [1.54, 1.807) is 12.1 Å². The lowest BCUT2D eigenvalue weighted by Crippen LogP contribution is -2.41. The van der Waals surface area contributed by atoms with Crippen molar-refractivity contribution in [3.8, 4) is 5.75 Å². The molecule has 0 saturated carbocycles. The molecular weight excluding hydrogens is 402 g/mol. The summed E-state index contributed by atoms with van der Waals surface area (Å²) in [5.74, 6) is -0.713. The predicted molar refractivity (Wildman–Crippen MR) is 117 cm³/mol. The molecule has 0 aliphatic carbocycles. The molecule has 0 unspecified atom stereocenters. The minimum atomic E-state index is -0.594. The van der Waals surface area contributed by atoms with Crippen molar-refractivity contribution in [1.82, 2.24) is 10.3 Å². The fourth-order valence-electron chi connectivity index (χ4n) is 2.98. The number of aromatic hydroxyl groups is 1. The van der Waals surface area contributed by atoms with Crippen LogP contribution in [0.3, 0.4) is 0 Å². The molecule has 0 spiro atoms. The highest BCUT2D eigenvalue weighted by molar-refractivity contribution is 6.30. The Morgan fingerprint density at radius 3 is 2.53 bits per heavy atom. The first-order valence-corrected chi connectivity index (χ1v) is 9.74. The molecule has 3 rings (SSSR count). The Hall–Kier alpha value is -3.38. The molecule has 30 heavy (non-hydrogen) atoms. The maximum atomic E-state index is 12.7. The van der Waals surface area contributed by atoms with Crippen LogP contribution in [0.15, 0.2) is 66.9 Å². The lowest BCUT2D eigenvalue weighted by atomic mass is 9.94. The minimum absolute atomic E-state index is 0.00696. The van der Waals surface area contributed by atoms with E-state index >= 15 is 0 Å². The number of aromatic nitrogens is 1. The Kier molecular flexibility index (Phi) is 6.37. The van der Waals surface area contributed by atoms with E-state index in [4.69, 9.17) is 11.6 Å². The van der Waals surface area contributed by atoms with E-state index in [1.807, 2.05) is 44.2 Å². The van der Waals surface area contributed by atoms with Crippen molar-refractivity contribution < 1.29 is 14.7 Å². The van der Waals surface area contributed by atoms with Gasteiger partial charge in [0.05, 0.1) is 12.0 Å². The van der Waals surface area contributed by atoms with Crippen LogP contribution in [0.2, 0.25) is 5.02 Å². The van der Waals surface area contributed by atoms with Crippen LogP contribution in [0, 0.1) is 0 Å². The van der Waals surface area contributed by atoms with Gasteiger partial charge in [0.25, 0.3) is 5.91 Å². The molecule has 154 valence electrons. The van der Waals surface area contributed by atoms with E-state index in [1.165, 1.54) is 24.4 Å². The summed E-state index contributed by atoms with van der Waals surface area (Å²) in [6.45, 7) is 3.81. The van der Waals surface area contributed by atoms with E-state index in [-0.39, 0.29) is 29.7 Å². The second-order valence-corrected chi connectivity index (χ2v) is 7.81. The molecule has 1 aromatic heterocycles. The first-order chi connectivity index (χ1) is 14.2. The molecule has 7 heteroatoms. The number of carbonyl (C=O) groups is 2. The number of hydrogen-bond acceptors (Lipinski definition) is 4. The average Bonchev–Trinajstić information content (AvgIpc) is 2.71. The number of carbonyl (C=O) groups excluding carboxylic acids is 2. The molecule has 2 aromatic carbocycles. The number of pyridine rings is 1. The second kappa shape index (κ2) is 8.97. The van der Waals surface area contributed by atoms with Crippen LogP contribution in [0.4, 0.5) is 5.69 Å². The molecule has 0 radical (unpaired) electrons. The summed E-state index contributed by atoms with van der Waals surface area (Å²) < 4.78 is 0. The van der Waals surface area contributed by atoms with Crippen LogP contribution in [0.1, 0.15) is 35.5 Å². The molecule has 0 atom stereocenters. The van der Waals surface area contributed by atoms with E-state index in [0.717, 1.165) is 5.56 Å². The third-order valence-electron chi connectivity index (χ3n) is 4.59.